The van der Waals surface area contributed by atoms with E-state index >= 15 is 0 Å². The first-order valence-corrected chi connectivity index (χ1v) is 13.7. The second-order valence-corrected chi connectivity index (χ2v) is 13.7. The minimum absolute atomic E-state index is 0.0235. The van der Waals surface area contributed by atoms with Gasteiger partial charge in [-0.05, 0) is 58.4 Å². The maximum absolute atomic E-state index is 12.6. The second kappa shape index (κ2) is 15.0. The Bertz CT molecular complexity index is 856. The van der Waals surface area contributed by atoms with Gasteiger partial charge in [0, 0.05) is 25.2 Å². The Hall–Kier alpha value is -2.77. The van der Waals surface area contributed by atoms with Gasteiger partial charge in [-0.3, -0.25) is 4.79 Å². The lowest BCUT2D eigenvalue weighted by molar-refractivity contribution is -0.116. The van der Waals surface area contributed by atoms with Crippen molar-refractivity contribution in [3.05, 3.63) is 29.3 Å². The molecule has 0 spiro atoms. The van der Waals surface area contributed by atoms with Crippen LogP contribution in [0, 0.1) is 16.2 Å². The quantitative estimate of drug-likeness (QED) is 0.247. The summed E-state index contributed by atoms with van der Waals surface area (Å²) >= 11 is 0. The number of amides is 3. The summed E-state index contributed by atoms with van der Waals surface area (Å²) < 4.78 is 10.8. The Morgan fingerprint density at radius 1 is 0.658 bits per heavy atom. The lowest BCUT2D eigenvalue weighted by Crippen LogP contribution is -2.32. The molecule has 0 aliphatic carbocycles. The number of alkyl carbamates (subject to hydrolysis) is 2. The molecule has 216 valence electrons. The number of benzene rings is 1. The first kappa shape index (κ1) is 33.3. The first-order valence-electron chi connectivity index (χ1n) is 13.7. The van der Waals surface area contributed by atoms with Crippen molar-refractivity contribution in [2.45, 2.75) is 108 Å². The van der Waals surface area contributed by atoms with Crippen LogP contribution in [0.15, 0.2) is 18.2 Å². The highest BCUT2D eigenvalue weighted by Gasteiger charge is 2.15. The van der Waals surface area contributed by atoms with Crippen LogP contribution in [0.25, 0.3) is 0 Å². The van der Waals surface area contributed by atoms with Gasteiger partial charge in [0.2, 0.25) is 5.91 Å². The SMILES string of the molecule is CC(C)(C)CCCCCC(=O)Nc1cc(COC(=O)NCC(C)(C)C)cc(COC(=O)NCC(C)(C)C)c1. The van der Waals surface area contributed by atoms with Gasteiger partial charge >= 0.3 is 12.2 Å². The third-order valence-corrected chi connectivity index (χ3v) is 5.43. The highest BCUT2D eigenvalue weighted by Crippen LogP contribution is 2.23. The van der Waals surface area contributed by atoms with Crippen molar-refractivity contribution in [1.29, 1.82) is 0 Å². The Kier molecular flexibility index (Phi) is 13.1. The van der Waals surface area contributed by atoms with Gasteiger partial charge in [0.15, 0.2) is 0 Å². The summed E-state index contributed by atoms with van der Waals surface area (Å²) in [4.78, 5) is 36.8. The summed E-state index contributed by atoms with van der Waals surface area (Å²) in [6, 6.07) is 5.35. The Balaban J connectivity index is 2.79. The molecule has 38 heavy (non-hydrogen) atoms. The molecule has 8 nitrogen and oxygen atoms in total. The van der Waals surface area contributed by atoms with Crippen LogP contribution in [0.2, 0.25) is 0 Å². The predicted octanol–water partition coefficient (Wildman–Crippen LogP) is 7.17. The average molecular weight is 534 g/mol. The molecule has 1 aromatic rings. The molecule has 0 aliphatic rings. The zero-order valence-corrected chi connectivity index (χ0v) is 25.1. The van der Waals surface area contributed by atoms with Crippen molar-refractivity contribution in [3.63, 3.8) is 0 Å². The van der Waals surface area contributed by atoms with Crippen molar-refractivity contribution in [1.82, 2.24) is 10.6 Å². The molecule has 0 aromatic heterocycles. The third kappa shape index (κ3) is 17.6. The summed E-state index contributed by atoms with van der Waals surface area (Å²) in [6.45, 7) is 19.8. The second-order valence-electron chi connectivity index (χ2n) is 13.7. The Morgan fingerprint density at radius 2 is 1.13 bits per heavy atom. The van der Waals surface area contributed by atoms with Gasteiger partial charge < -0.3 is 25.4 Å². The highest BCUT2D eigenvalue weighted by atomic mass is 16.6. The van der Waals surface area contributed by atoms with E-state index in [9.17, 15) is 14.4 Å². The van der Waals surface area contributed by atoms with Crippen molar-refractivity contribution in [2.75, 3.05) is 18.4 Å². The minimum Gasteiger partial charge on any atom is -0.445 e. The van der Waals surface area contributed by atoms with Gasteiger partial charge in [0.25, 0.3) is 0 Å². The number of carbonyl (C=O) groups excluding carboxylic acids is 3. The molecular formula is C30H51N3O5. The van der Waals surface area contributed by atoms with Gasteiger partial charge in [-0.15, -0.1) is 0 Å². The monoisotopic (exact) mass is 533 g/mol. The summed E-state index contributed by atoms with van der Waals surface area (Å²) in [6.07, 6.45) is 3.47. The van der Waals surface area contributed by atoms with Crippen molar-refractivity contribution >= 4 is 23.8 Å². The molecular weight excluding hydrogens is 482 g/mol. The predicted molar refractivity (Wildman–Crippen MR) is 153 cm³/mol. The van der Waals surface area contributed by atoms with Gasteiger partial charge in [-0.2, -0.15) is 0 Å². The molecule has 0 bridgehead atoms. The maximum atomic E-state index is 12.6. The van der Waals surface area contributed by atoms with Crippen LogP contribution in [0.3, 0.4) is 0 Å². The van der Waals surface area contributed by atoms with E-state index in [1.807, 2.05) is 41.5 Å². The van der Waals surface area contributed by atoms with Crippen LogP contribution in [-0.2, 0) is 27.5 Å². The highest BCUT2D eigenvalue weighted by molar-refractivity contribution is 5.90. The smallest absolute Gasteiger partial charge is 0.407 e. The van der Waals surface area contributed by atoms with E-state index in [4.69, 9.17) is 9.47 Å². The molecule has 8 heteroatoms. The van der Waals surface area contributed by atoms with Crippen molar-refractivity contribution < 1.29 is 23.9 Å². The van der Waals surface area contributed by atoms with Crippen molar-refractivity contribution in [2.24, 2.45) is 16.2 Å². The lowest BCUT2D eigenvalue weighted by Gasteiger charge is -2.19. The Morgan fingerprint density at radius 3 is 1.55 bits per heavy atom. The van der Waals surface area contributed by atoms with E-state index in [1.165, 1.54) is 0 Å². The summed E-state index contributed by atoms with van der Waals surface area (Å²) in [5.74, 6) is -0.0727. The van der Waals surface area contributed by atoms with E-state index in [0.29, 0.717) is 41.7 Å². The largest absolute Gasteiger partial charge is 0.445 e. The number of ether oxygens (including phenoxy) is 2. The van der Waals surface area contributed by atoms with E-state index < -0.39 is 12.2 Å². The van der Waals surface area contributed by atoms with E-state index in [-0.39, 0.29) is 30.0 Å². The van der Waals surface area contributed by atoms with Crippen LogP contribution in [0.4, 0.5) is 15.3 Å². The van der Waals surface area contributed by atoms with Crippen LogP contribution in [-0.4, -0.2) is 31.2 Å². The number of unbranched alkanes of at least 4 members (excludes halogenated alkanes) is 2. The number of anilines is 1. The Labute approximate surface area is 230 Å². The molecule has 0 saturated heterocycles. The van der Waals surface area contributed by atoms with Gasteiger partial charge in [-0.1, -0.05) is 75.2 Å². The zero-order valence-electron chi connectivity index (χ0n) is 25.1. The molecule has 0 aliphatic heterocycles. The van der Waals surface area contributed by atoms with Crippen molar-refractivity contribution in [3.8, 4) is 0 Å². The van der Waals surface area contributed by atoms with E-state index in [0.717, 1.165) is 25.7 Å². The van der Waals surface area contributed by atoms with Crippen LogP contribution < -0.4 is 16.0 Å². The average Bonchev–Trinajstić information content (AvgIpc) is 2.76. The molecule has 0 atom stereocenters. The summed E-state index contributed by atoms with van der Waals surface area (Å²) in [5.41, 5.74) is 2.13. The normalized spacial score (nSPS) is 12.0. The zero-order chi connectivity index (χ0) is 29.0. The molecule has 0 unspecified atom stereocenters. The lowest BCUT2D eigenvalue weighted by atomic mass is 9.89. The van der Waals surface area contributed by atoms with Crippen LogP contribution in [0.1, 0.15) is 106 Å². The molecule has 1 aromatic carbocycles. The molecule has 0 fully saturated rings. The topological polar surface area (TPSA) is 106 Å². The molecule has 3 amide bonds. The number of nitrogens with one attached hydrogen (secondary N) is 3. The first-order chi connectivity index (χ1) is 17.4. The molecule has 3 N–H and O–H groups in total. The fraction of sp³-hybridized carbons (Fsp3) is 0.700. The molecule has 0 saturated carbocycles. The fourth-order valence-electron chi connectivity index (χ4n) is 3.42. The van der Waals surface area contributed by atoms with Crippen LogP contribution >= 0.6 is 0 Å². The third-order valence-electron chi connectivity index (χ3n) is 5.43. The summed E-state index contributed by atoms with van der Waals surface area (Å²) in [5, 5.41) is 8.45. The van der Waals surface area contributed by atoms with Gasteiger partial charge in [0.1, 0.15) is 13.2 Å². The summed E-state index contributed by atoms with van der Waals surface area (Å²) in [7, 11) is 0. The van der Waals surface area contributed by atoms with Gasteiger partial charge in [0.05, 0.1) is 0 Å². The van der Waals surface area contributed by atoms with Gasteiger partial charge in [-0.25, -0.2) is 9.59 Å². The molecule has 0 radical (unpaired) electrons. The number of carbonyl (C=O) groups is 3. The fourth-order valence-corrected chi connectivity index (χ4v) is 3.42. The number of hydrogen-bond donors (Lipinski definition) is 3. The number of rotatable bonds is 12. The van der Waals surface area contributed by atoms with Crippen LogP contribution in [0.5, 0.6) is 0 Å². The van der Waals surface area contributed by atoms with E-state index in [2.05, 4.69) is 36.7 Å². The molecule has 1 rings (SSSR count). The maximum Gasteiger partial charge on any atom is 0.407 e. The minimum atomic E-state index is -0.510. The standard InChI is InChI=1S/C30H51N3O5/c1-28(2,3)14-12-10-11-13-25(34)33-24-16-22(18-37-26(35)31-20-29(4,5)6)15-23(17-24)19-38-27(36)32-21-30(7,8)9/h15-17H,10-14,18-21H2,1-9H3,(H,31,35)(H,32,36)(H,33,34). The number of hydrogen-bond acceptors (Lipinski definition) is 5. The van der Waals surface area contributed by atoms with E-state index in [1.54, 1.807) is 18.2 Å². The molecule has 0 heterocycles.